The lowest BCUT2D eigenvalue weighted by molar-refractivity contribution is -0.0772. The summed E-state index contributed by atoms with van der Waals surface area (Å²) in [6.45, 7) is 1.74. The third-order valence-corrected chi connectivity index (χ3v) is 4.44. The average molecular weight is 342 g/mol. The number of benzene rings is 2. The van der Waals surface area contributed by atoms with Crippen LogP contribution in [0.1, 0.15) is 11.1 Å². The van der Waals surface area contributed by atoms with E-state index in [1.54, 1.807) is 0 Å². The highest BCUT2D eigenvalue weighted by molar-refractivity contribution is 5.14. The first-order chi connectivity index (χ1) is 12.3. The molecule has 0 aromatic heterocycles. The molecule has 0 bridgehead atoms. The first-order valence-corrected chi connectivity index (χ1v) is 8.68. The molecule has 0 radical (unpaired) electrons. The number of nitrogens with two attached hydrogens (primary N) is 2. The van der Waals surface area contributed by atoms with Gasteiger partial charge < -0.3 is 25.7 Å². The highest BCUT2D eigenvalue weighted by Gasteiger charge is 2.44. The molecule has 5 nitrogen and oxygen atoms in total. The minimum Gasteiger partial charge on any atom is -0.368 e. The van der Waals surface area contributed by atoms with Crippen LogP contribution in [-0.4, -0.2) is 37.5 Å². The zero-order chi connectivity index (χ0) is 17.5. The van der Waals surface area contributed by atoms with Crippen molar-refractivity contribution in [3.8, 4) is 0 Å². The number of hydrogen-bond donors (Lipinski definition) is 2. The second-order valence-electron chi connectivity index (χ2n) is 6.21. The summed E-state index contributed by atoms with van der Waals surface area (Å²) in [6, 6.07) is 20.1. The second-order valence-corrected chi connectivity index (χ2v) is 6.21. The van der Waals surface area contributed by atoms with Crippen molar-refractivity contribution in [3.05, 3.63) is 71.8 Å². The van der Waals surface area contributed by atoms with Crippen LogP contribution in [0.4, 0.5) is 0 Å². The molecule has 1 heterocycles. The van der Waals surface area contributed by atoms with E-state index in [1.165, 1.54) is 0 Å². The summed E-state index contributed by atoms with van der Waals surface area (Å²) in [5, 5.41) is 0. The van der Waals surface area contributed by atoms with E-state index in [0.29, 0.717) is 26.3 Å². The Morgan fingerprint density at radius 2 is 1.08 bits per heavy atom. The van der Waals surface area contributed by atoms with Crippen LogP contribution in [0.25, 0.3) is 0 Å². The normalized spacial score (nSPS) is 26.0. The van der Waals surface area contributed by atoms with Gasteiger partial charge in [0, 0.05) is 13.1 Å². The smallest absolute Gasteiger partial charge is 0.114 e. The molecule has 1 fully saturated rings. The summed E-state index contributed by atoms with van der Waals surface area (Å²) in [4.78, 5) is 0. The number of rotatable bonds is 8. The minimum atomic E-state index is -0.234. The summed E-state index contributed by atoms with van der Waals surface area (Å²) < 4.78 is 18.2. The van der Waals surface area contributed by atoms with Gasteiger partial charge in [-0.25, -0.2) is 0 Å². The first kappa shape index (κ1) is 18.0. The predicted octanol–water partition coefficient (Wildman–Crippen LogP) is 1.84. The van der Waals surface area contributed by atoms with Crippen molar-refractivity contribution in [3.63, 3.8) is 0 Å². The summed E-state index contributed by atoms with van der Waals surface area (Å²) in [5.41, 5.74) is 14.0. The van der Waals surface area contributed by atoms with Gasteiger partial charge in [-0.3, -0.25) is 0 Å². The Morgan fingerprint density at radius 1 is 0.680 bits per heavy atom. The zero-order valence-electron chi connectivity index (χ0n) is 14.3. The fourth-order valence-corrected chi connectivity index (χ4v) is 3.12. The van der Waals surface area contributed by atoms with E-state index in [1.807, 2.05) is 60.7 Å². The molecule has 1 aliphatic heterocycles. The van der Waals surface area contributed by atoms with Crippen LogP contribution in [0.5, 0.6) is 0 Å². The van der Waals surface area contributed by atoms with Crippen molar-refractivity contribution in [2.24, 2.45) is 11.5 Å². The molecule has 1 saturated heterocycles. The fraction of sp³-hybridized carbons (Fsp3) is 0.400. The second kappa shape index (κ2) is 9.08. The Hall–Kier alpha value is -1.76. The van der Waals surface area contributed by atoms with Crippen LogP contribution in [0, 0.1) is 0 Å². The molecule has 0 saturated carbocycles. The van der Waals surface area contributed by atoms with Crippen LogP contribution >= 0.6 is 0 Å². The molecule has 2 aromatic carbocycles. The molecule has 25 heavy (non-hydrogen) atoms. The van der Waals surface area contributed by atoms with E-state index >= 15 is 0 Å². The van der Waals surface area contributed by atoms with Crippen LogP contribution in [0.15, 0.2) is 60.7 Å². The summed E-state index contributed by atoms with van der Waals surface area (Å²) in [5.74, 6) is 0. The monoisotopic (exact) mass is 342 g/mol. The molecule has 0 amide bonds. The number of hydrogen-bond acceptors (Lipinski definition) is 5. The van der Waals surface area contributed by atoms with Crippen molar-refractivity contribution in [2.45, 2.75) is 37.6 Å². The largest absolute Gasteiger partial charge is 0.368 e. The van der Waals surface area contributed by atoms with Gasteiger partial charge in [0.1, 0.15) is 12.2 Å². The molecule has 0 aliphatic carbocycles. The molecule has 0 unspecified atom stereocenters. The van der Waals surface area contributed by atoms with E-state index in [2.05, 4.69) is 0 Å². The SMILES string of the molecule is NC[C@@H]1O[C@@H](CN)[C@@H](OCc2ccccc2)[C@@H]1OCc1ccccc1. The van der Waals surface area contributed by atoms with Gasteiger partial charge in [0.25, 0.3) is 0 Å². The average Bonchev–Trinajstić information content (AvgIpc) is 3.03. The topological polar surface area (TPSA) is 79.7 Å². The number of ether oxygens (including phenoxy) is 3. The third kappa shape index (κ3) is 4.66. The first-order valence-electron chi connectivity index (χ1n) is 8.68. The van der Waals surface area contributed by atoms with Gasteiger partial charge in [-0.1, -0.05) is 60.7 Å². The van der Waals surface area contributed by atoms with Crippen LogP contribution in [0.2, 0.25) is 0 Å². The van der Waals surface area contributed by atoms with E-state index in [9.17, 15) is 0 Å². The van der Waals surface area contributed by atoms with Gasteiger partial charge in [-0.15, -0.1) is 0 Å². The highest BCUT2D eigenvalue weighted by Crippen LogP contribution is 2.27. The maximum atomic E-state index is 6.14. The van der Waals surface area contributed by atoms with Crippen molar-refractivity contribution in [1.82, 2.24) is 0 Å². The lowest BCUT2D eigenvalue weighted by Crippen LogP contribution is -2.41. The summed E-state index contributed by atoms with van der Waals surface area (Å²) in [7, 11) is 0. The lowest BCUT2D eigenvalue weighted by Gasteiger charge is -2.24. The van der Waals surface area contributed by atoms with E-state index in [4.69, 9.17) is 25.7 Å². The predicted molar refractivity (Wildman–Crippen MR) is 96.8 cm³/mol. The van der Waals surface area contributed by atoms with E-state index in [0.717, 1.165) is 11.1 Å². The maximum absolute atomic E-state index is 6.14. The standard InChI is InChI=1S/C20H26N2O3/c21-11-17-19(23-13-15-7-3-1-4-8-15)20(18(12-22)25-17)24-14-16-9-5-2-6-10-16/h1-10,17-20H,11-14,21-22H2/t17-,18-,19+,20+/m0/s1. The molecule has 0 spiro atoms. The van der Waals surface area contributed by atoms with Crippen molar-refractivity contribution in [2.75, 3.05) is 13.1 Å². The Kier molecular flexibility index (Phi) is 6.55. The molecular formula is C20H26N2O3. The molecule has 5 heteroatoms. The molecule has 4 N–H and O–H groups in total. The van der Waals surface area contributed by atoms with Crippen LogP contribution in [-0.2, 0) is 27.4 Å². The highest BCUT2D eigenvalue weighted by atomic mass is 16.6. The van der Waals surface area contributed by atoms with Gasteiger partial charge in [-0.05, 0) is 11.1 Å². The Labute approximate surface area is 148 Å². The Bertz CT molecular complexity index is 568. The van der Waals surface area contributed by atoms with Gasteiger partial charge in [-0.2, -0.15) is 0 Å². The molecule has 1 aliphatic rings. The quantitative estimate of drug-likeness (QED) is 0.765. The third-order valence-electron chi connectivity index (χ3n) is 4.44. The summed E-state index contributed by atoms with van der Waals surface area (Å²) in [6.07, 6.45) is -0.888. The van der Waals surface area contributed by atoms with Crippen molar-refractivity contribution >= 4 is 0 Å². The van der Waals surface area contributed by atoms with E-state index < -0.39 is 0 Å². The van der Waals surface area contributed by atoms with E-state index in [-0.39, 0.29) is 24.4 Å². The Balaban J connectivity index is 1.66. The lowest BCUT2D eigenvalue weighted by atomic mass is 10.1. The summed E-state index contributed by atoms with van der Waals surface area (Å²) >= 11 is 0. The fourth-order valence-electron chi connectivity index (χ4n) is 3.12. The Morgan fingerprint density at radius 3 is 1.44 bits per heavy atom. The van der Waals surface area contributed by atoms with Crippen molar-refractivity contribution < 1.29 is 14.2 Å². The van der Waals surface area contributed by atoms with Gasteiger partial charge in [0.15, 0.2) is 0 Å². The molecule has 4 atom stereocenters. The zero-order valence-corrected chi connectivity index (χ0v) is 14.3. The minimum absolute atomic E-state index is 0.210. The van der Waals surface area contributed by atoms with Gasteiger partial charge >= 0.3 is 0 Å². The van der Waals surface area contributed by atoms with Crippen molar-refractivity contribution in [1.29, 1.82) is 0 Å². The maximum Gasteiger partial charge on any atom is 0.114 e. The molecule has 134 valence electrons. The van der Waals surface area contributed by atoms with Gasteiger partial charge in [0.05, 0.1) is 25.4 Å². The molecular weight excluding hydrogens is 316 g/mol. The van der Waals surface area contributed by atoms with Crippen LogP contribution < -0.4 is 11.5 Å². The van der Waals surface area contributed by atoms with Gasteiger partial charge in [0.2, 0.25) is 0 Å². The molecule has 3 rings (SSSR count). The molecule has 2 aromatic rings. The van der Waals surface area contributed by atoms with Crippen LogP contribution in [0.3, 0.4) is 0 Å².